The van der Waals surface area contributed by atoms with Crippen molar-refractivity contribution in [2.45, 2.75) is 19.8 Å². The zero-order valence-electron chi connectivity index (χ0n) is 11.0. The first kappa shape index (κ1) is 13.6. The van der Waals surface area contributed by atoms with E-state index in [9.17, 15) is 4.79 Å². The van der Waals surface area contributed by atoms with Crippen LogP contribution in [0.4, 0.5) is 5.69 Å². The first-order valence-electron chi connectivity index (χ1n) is 6.18. The summed E-state index contributed by atoms with van der Waals surface area (Å²) in [4.78, 5) is 12.4. The van der Waals surface area contributed by atoms with E-state index in [0.717, 1.165) is 0 Å². The number of benzene rings is 2. The van der Waals surface area contributed by atoms with E-state index in [1.165, 1.54) is 5.56 Å². The molecule has 0 saturated heterocycles. The lowest BCUT2D eigenvalue weighted by atomic mass is 9.97. The zero-order valence-corrected chi connectivity index (χ0v) is 11.7. The Labute approximate surface area is 118 Å². The molecule has 98 valence electrons. The van der Waals surface area contributed by atoms with Gasteiger partial charge in [-0.2, -0.15) is 0 Å². The average Bonchev–Trinajstić information content (AvgIpc) is 2.41. The predicted molar refractivity (Wildman–Crippen MR) is 79.8 cm³/mol. The van der Waals surface area contributed by atoms with Gasteiger partial charge in [0.2, 0.25) is 0 Å². The second-order valence-electron chi connectivity index (χ2n) is 4.84. The van der Waals surface area contributed by atoms with Crippen LogP contribution in [0.1, 0.15) is 41.3 Å². The molecule has 0 unspecified atom stereocenters. The molecule has 0 radical (unpaired) electrons. The number of nitrogen functional groups attached to an aromatic ring is 1. The zero-order chi connectivity index (χ0) is 14.0. The highest BCUT2D eigenvalue weighted by atomic mass is 35.5. The monoisotopic (exact) mass is 273 g/mol. The van der Waals surface area contributed by atoms with Gasteiger partial charge in [0.25, 0.3) is 0 Å². The fourth-order valence-electron chi connectivity index (χ4n) is 1.90. The van der Waals surface area contributed by atoms with Crippen LogP contribution >= 0.6 is 11.6 Å². The first-order chi connectivity index (χ1) is 8.99. The maximum absolute atomic E-state index is 12.4. The van der Waals surface area contributed by atoms with Crippen molar-refractivity contribution in [1.82, 2.24) is 0 Å². The van der Waals surface area contributed by atoms with Crippen LogP contribution in [0.25, 0.3) is 0 Å². The van der Waals surface area contributed by atoms with Gasteiger partial charge in [0.1, 0.15) is 0 Å². The Hall–Kier alpha value is -1.80. The van der Waals surface area contributed by atoms with Gasteiger partial charge in [0, 0.05) is 21.8 Å². The third-order valence-corrected chi connectivity index (χ3v) is 3.33. The summed E-state index contributed by atoms with van der Waals surface area (Å²) < 4.78 is 0. The molecule has 0 aliphatic carbocycles. The molecule has 19 heavy (non-hydrogen) atoms. The third kappa shape index (κ3) is 2.96. The molecule has 0 aliphatic heterocycles. The first-order valence-corrected chi connectivity index (χ1v) is 6.56. The van der Waals surface area contributed by atoms with Crippen LogP contribution in [0, 0.1) is 0 Å². The van der Waals surface area contributed by atoms with Gasteiger partial charge in [0.15, 0.2) is 5.78 Å². The Bertz CT molecular complexity index is 603. The lowest BCUT2D eigenvalue weighted by Crippen LogP contribution is -2.05. The van der Waals surface area contributed by atoms with Crippen molar-refractivity contribution in [3.8, 4) is 0 Å². The molecule has 2 N–H and O–H groups in total. The Morgan fingerprint density at radius 2 is 1.74 bits per heavy atom. The molecule has 0 atom stereocenters. The predicted octanol–water partition coefficient (Wildman–Crippen LogP) is 4.28. The summed E-state index contributed by atoms with van der Waals surface area (Å²) in [5, 5.41) is 0.511. The Morgan fingerprint density at radius 3 is 2.32 bits per heavy atom. The number of halogens is 1. The highest BCUT2D eigenvalue weighted by Crippen LogP contribution is 2.22. The topological polar surface area (TPSA) is 43.1 Å². The highest BCUT2D eigenvalue weighted by molar-refractivity contribution is 6.31. The molecule has 0 spiro atoms. The minimum Gasteiger partial charge on any atom is -0.398 e. The molecule has 0 heterocycles. The van der Waals surface area contributed by atoms with Crippen LogP contribution in [-0.4, -0.2) is 5.78 Å². The van der Waals surface area contributed by atoms with Crippen molar-refractivity contribution in [3.63, 3.8) is 0 Å². The Kier molecular flexibility index (Phi) is 3.91. The molecule has 0 saturated carbocycles. The molecule has 0 bridgehead atoms. The number of nitrogens with two attached hydrogens (primary N) is 1. The van der Waals surface area contributed by atoms with Crippen LogP contribution in [0.2, 0.25) is 5.02 Å². The van der Waals surface area contributed by atoms with Gasteiger partial charge in [-0.1, -0.05) is 49.7 Å². The van der Waals surface area contributed by atoms with Crippen LogP contribution in [0.5, 0.6) is 0 Å². The van der Waals surface area contributed by atoms with E-state index >= 15 is 0 Å². The molecule has 2 aromatic carbocycles. The maximum Gasteiger partial charge on any atom is 0.195 e. The number of anilines is 1. The third-order valence-electron chi connectivity index (χ3n) is 3.10. The molecule has 0 aliphatic rings. The average molecular weight is 274 g/mol. The summed E-state index contributed by atoms with van der Waals surface area (Å²) >= 11 is 5.91. The lowest BCUT2D eigenvalue weighted by Gasteiger charge is -2.08. The normalized spacial score (nSPS) is 10.7. The van der Waals surface area contributed by atoms with Crippen LogP contribution < -0.4 is 5.73 Å². The molecule has 0 fully saturated rings. The van der Waals surface area contributed by atoms with Crippen molar-refractivity contribution >= 4 is 23.1 Å². The summed E-state index contributed by atoms with van der Waals surface area (Å²) in [6.07, 6.45) is 0. The number of ketones is 1. The van der Waals surface area contributed by atoms with Gasteiger partial charge < -0.3 is 5.73 Å². The summed E-state index contributed by atoms with van der Waals surface area (Å²) in [7, 11) is 0. The van der Waals surface area contributed by atoms with E-state index < -0.39 is 0 Å². The minimum atomic E-state index is -0.102. The van der Waals surface area contributed by atoms with Crippen LogP contribution in [0.3, 0.4) is 0 Å². The van der Waals surface area contributed by atoms with Gasteiger partial charge in [-0.05, 0) is 29.7 Å². The number of hydrogen-bond acceptors (Lipinski definition) is 2. The molecule has 2 nitrogen and oxygen atoms in total. The molecule has 3 heteroatoms. The minimum absolute atomic E-state index is 0.102. The molecule has 0 amide bonds. The molecule has 0 aromatic heterocycles. The quantitative estimate of drug-likeness (QED) is 0.670. The smallest absolute Gasteiger partial charge is 0.195 e. The maximum atomic E-state index is 12.4. The van der Waals surface area contributed by atoms with Gasteiger partial charge in [0.05, 0.1) is 0 Å². The van der Waals surface area contributed by atoms with Crippen molar-refractivity contribution in [2.75, 3.05) is 5.73 Å². The lowest BCUT2D eigenvalue weighted by molar-refractivity contribution is 0.103. The Morgan fingerprint density at radius 1 is 1.11 bits per heavy atom. The fourth-order valence-corrected chi connectivity index (χ4v) is 2.07. The van der Waals surface area contributed by atoms with Crippen molar-refractivity contribution in [1.29, 1.82) is 0 Å². The number of carbonyl (C=O) groups is 1. The fraction of sp³-hybridized carbons (Fsp3) is 0.188. The van der Waals surface area contributed by atoms with Gasteiger partial charge >= 0.3 is 0 Å². The molecular weight excluding hydrogens is 258 g/mol. The van der Waals surface area contributed by atoms with E-state index in [4.69, 9.17) is 17.3 Å². The van der Waals surface area contributed by atoms with E-state index in [-0.39, 0.29) is 5.78 Å². The highest BCUT2D eigenvalue weighted by Gasteiger charge is 2.13. The van der Waals surface area contributed by atoms with E-state index in [1.807, 2.05) is 24.3 Å². The van der Waals surface area contributed by atoms with Crippen molar-refractivity contribution in [2.24, 2.45) is 0 Å². The van der Waals surface area contributed by atoms with Crippen LogP contribution in [0.15, 0.2) is 42.5 Å². The van der Waals surface area contributed by atoms with E-state index in [1.54, 1.807) is 18.2 Å². The second-order valence-corrected chi connectivity index (χ2v) is 5.27. The molecule has 2 rings (SSSR count). The largest absolute Gasteiger partial charge is 0.398 e. The summed E-state index contributed by atoms with van der Waals surface area (Å²) in [6.45, 7) is 4.23. The standard InChI is InChI=1S/C16H16ClNO/c1-10(2)11-3-5-12(6-4-11)16(19)14-9-13(17)7-8-15(14)18/h3-10H,18H2,1-2H3. The van der Waals surface area contributed by atoms with Crippen molar-refractivity contribution < 1.29 is 4.79 Å². The summed E-state index contributed by atoms with van der Waals surface area (Å²) in [5.74, 6) is 0.343. The Balaban J connectivity index is 2.36. The van der Waals surface area contributed by atoms with Gasteiger partial charge in [-0.15, -0.1) is 0 Å². The van der Waals surface area contributed by atoms with E-state index in [0.29, 0.717) is 27.8 Å². The summed E-state index contributed by atoms with van der Waals surface area (Å²) in [6, 6.07) is 12.5. The molecular formula is C16H16ClNO. The SMILES string of the molecule is CC(C)c1ccc(C(=O)c2cc(Cl)ccc2N)cc1. The number of rotatable bonds is 3. The van der Waals surface area contributed by atoms with Crippen LogP contribution in [-0.2, 0) is 0 Å². The van der Waals surface area contributed by atoms with Gasteiger partial charge in [-0.3, -0.25) is 4.79 Å². The van der Waals surface area contributed by atoms with Crippen molar-refractivity contribution in [3.05, 3.63) is 64.2 Å². The molecule has 2 aromatic rings. The number of carbonyl (C=O) groups excluding carboxylic acids is 1. The number of hydrogen-bond donors (Lipinski definition) is 1. The van der Waals surface area contributed by atoms with E-state index in [2.05, 4.69) is 13.8 Å². The second kappa shape index (κ2) is 5.45. The summed E-state index contributed by atoms with van der Waals surface area (Å²) in [5.41, 5.74) is 8.55. The van der Waals surface area contributed by atoms with Gasteiger partial charge in [-0.25, -0.2) is 0 Å².